The van der Waals surface area contributed by atoms with Crippen molar-refractivity contribution >= 4 is 35.1 Å². The van der Waals surface area contributed by atoms with E-state index in [4.69, 9.17) is 5.73 Å². The van der Waals surface area contributed by atoms with Gasteiger partial charge in [0.25, 0.3) is 0 Å². The van der Waals surface area contributed by atoms with E-state index in [0.717, 1.165) is 0 Å². The first-order valence-corrected chi connectivity index (χ1v) is 9.43. The van der Waals surface area contributed by atoms with Crippen LogP contribution in [0.3, 0.4) is 0 Å². The van der Waals surface area contributed by atoms with Gasteiger partial charge in [-0.25, -0.2) is 4.79 Å². The summed E-state index contributed by atoms with van der Waals surface area (Å²) in [6.45, 7) is 0.467. The Hall–Kier alpha value is -2.78. The summed E-state index contributed by atoms with van der Waals surface area (Å²) in [6.07, 6.45) is 0.451. The number of carbonyl (C=O) groups excluding carboxylic acids is 2. The molecule has 8 nitrogen and oxygen atoms in total. The van der Waals surface area contributed by atoms with Crippen LogP contribution in [0.1, 0.15) is 12.0 Å². The highest BCUT2D eigenvalue weighted by Gasteiger charge is 2.52. The van der Waals surface area contributed by atoms with Crippen LogP contribution in [0.5, 0.6) is 5.75 Å². The van der Waals surface area contributed by atoms with Gasteiger partial charge < -0.3 is 21.3 Å². The minimum Gasteiger partial charge on any atom is -0.508 e. The molecular formula is C18H17N3O5S. The zero-order valence-electron chi connectivity index (χ0n) is 14.1. The number of carbonyl (C=O) groups is 3. The van der Waals surface area contributed by atoms with Crippen molar-refractivity contribution in [2.24, 2.45) is 5.73 Å². The van der Waals surface area contributed by atoms with Crippen LogP contribution in [0.25, 0.3) is 5.57 Å². The molecule has 3 heterocycles. The smallest absolute Gasteiger partial charge is 0.352 e. The third-order valence-electron chi connectivity index (χ3n) is 4.91. The summed E-state index contributed by atoms with van der Waals surface area (Å²) < 4.78 is 0. The van der Waals surface area contributed by atoms with Gasteiger partial charge in [-0.15, -0.1) is 11.8 Å². The Morgan fingerprint density at radius 1 is 1.26 bits per heavy atom. The third kappa shape index (κ3) is 2.70. The maximum atomic E-state index is 12.4. The number of nitrogens with one attached hydrogen (secondary N) is 1. The second-order valence-electron chi connectivity index (χ2n) is 6.47. The SMILES string of the molecule is N[C@@H]1C(=O)N2C(C(=O)O)=C(C(=C3CCNC3=O)c3ccc(O)cc3)CS[C@H]12. The molecule has 4 rings (SSSR count). The van der Waals surface area contributed by atoms with Crippen molar-refractivity contribution in [1.29, 1.82) is 0 Å². The summed E-state index contributed by atoms with van der Waals surface area (Å²) in [6, 6.07) is 5.51. The molecule has 1 aromatic carbocycles. The zero-order chi connectivity index (χ0) is 19.3. The number of aliphatic carboxylic acids is 1. The van der Waals surface area contributed by atoms with E-state index in [0.29, 0.717) is 41.0 Å². The number of hydrogen-bond acceptors (Lipinski definition) is 6. The molecule has 3 aliphatic heterocycles. The van der Waals surface area contributed by atoms with E-state index in [-0.39, 0.29) is 17.4 Å². The maximum absolute atomic E-state index is 12.4. The molecule has 2 atom stereocenters. The molecule has 0 radical (unpaired) electrons. The summed E-state index contributed by atoms with van der Waals surface area (Å²) >= 11 is 1.38. The molecule has 2 amide bonds. The fraction of sp³-hybridized carbons (Fsp3) is 0.278. The molecule has 140 valence electrons. The lowest BCUT2D eigenvalue weighted by Gasteiger charge is -2.48. The molecular weight excluding hydrogens is 370 g/mol. The van der Waals surface area contributed by atoms with E-state index in [9.17, 15) is 24.6 Å². The van der Waals surface area contributed by atoms with Crippen molar-refractivity contribution in [1.82, 2.24) is 10.2 Å². The number of fused-ring (bicyclic) bond motifs is 1. The van der Waals surface area contributed by atoms with Gasteiger partial charge in [-0.3, -0.25) is 14.5 Å². The van der Waals surface area contributed by atoms with Crippen molar-refractivity contribution < 1.29 is 24.6 Å². The first-order valence-electron chi connectivity index (χ1n) is 8.38. The maximum Gasteiger partial charge on any atom is 0.352 e. The fourth-order valence-corrected chi connectivity index (χ4v) is 4.93. The number of nitrogens with two attached hydrogens (primary N) is 1. The number of rotatable bonds is 3. The molecule has 5 N–H and O–H groups in total. The average Bonchev–Trinajstić information content (AvgIpc) is 3.07. The van der Waals surface area contributed by atoms with E-state index < -0.39 is 23.3 Å². The predicted molar refractivity (Wildman–Crippen MR) is 98.4 cm³/mol. The number of carboxylic acid groups (broad SMARTS) is 1. The first-order chi connectivity index (χ1) is 12.9. The van der Waals surface area contributed by atoms with Gasteiger partial charge in [0.2, 0.25) is 11.8 Å². The Morgan fingerprint density at radius 3 is 2.56 bits per heavy atom. The van der Waals surface area contributed by atoms with Gasteiger partial charge in [0.15, 0.2) is 0 Å². The first kappa shape index (κ1) is 17.6. The highest BCUT2D eigenvalue weighted by atomic mass is 32.2. The number of β-lactam (4-membered cyclic amide) rings is 1. The Morgan fingerprint density at radius 2 is 1.96 bits per heavy atom. The van der Waals surface area contributed by atoms with E-state index >= 15 is 0 Å². The topological polar surface area (TPSA) is 133 Å². The number of phenols is 1. The summed E-state index contributed by atoms with van der Waals surface area (Å²) in [4.78, 5) is 37.8. The van der Waals surface area contributed by atoms with Crippen LogP contribution in [0.15, 0.2) is 41.1 Å². The Labute approximate surface area is 158 Å². The second-order valence-corrected chi connectivity index (χ2v) is 7.58. The standard InChI is InChI=1S/C18H17N3O5S/c19-13-16(24)21-14(18(25)26)11(7-27-17(13)21)12(10-5-6-20-15(10)23)8-1-3-9(22)4-2-8/h1-4,13,17,22H,5-7,19H2,(H,20,23)(H,25,26)/t13-,17-/m1/s1. The highest BCUT2D eigenvalue weighted by molar-refractivity contribution is 8.00. The number of thioether (sulfide) groups is 1. The molecule has 0 saturated carbocycles. The molecule has 1 aromatic rings. The van der Waals surface area contributed by atoms with E-state index in [1.54, 1.807) is 12.1 Å². The monoisotopic (exact) mass is 387 g/mol. The number of amides is 2. The lowest BCUT2D eigenvalue weighted by molar-refractivity contribution is -0.147. The van der Waals surface area contributed by atoms with Crippen molar-refractivity contribution in [3.63, 3.8) is 0 Å². The van der Waals surface area contributed by atoms with Crippen molar-refractivity contribution in [3.05, 3.63) is 46.7 Å². The molecule has 0 bridgehead atoms. The largest absolute Gasteiger partial charge is 0.508 e. The van der Waals surface area contributed by atoms with E-state index in [1.165, 1.54) is 28.8 Å². The van der Waals surface area contributed by atoms with Crippen LogP contribution in [-0.4, -0.2) is 56.6 Å². The second kappa shape index (κ2) is 6.43. The molecule has 27 heavy (non-hydrogen) atoms. The summed E-state index contributed by atoms with van der Waals surface area (Å²) in [5, 5.41) is 21.7. The predicted octanol–water partition coefficient (Wildman–Crippen LogP) is 0.247. The van der Waals surface area contributed by atoms with E-state index in [1.807, 2.05) is 0 Å². The van der Waals surface area contributed by atoms with Crippen LogP contribution < -0.4 is 11.1 Å². The Bertz CT molecular complexity index is 921. The minimum absolute atomic E-state index is 0.0633. The molecule has 3 aliphatic rings. The Kier molecular flexibility index (Phi) is 4.20. The molecule has 2 fully saturated rings. The van der Waals surface area contributed by atoms with Crippen LogP contribution >= 0.6 is 11.8 Å². The summed E-state index contributed by atoms with van der Waals surface area (Å²) in [7, 11) is 0. The number of phenolic OH excluding ortho intramolecular Hbond substituents is 1. The lowest BCUT2D eigenvalue weighted by atomic mass is 9.90. The van der Waals surface area contributed by atoms with Gasteiger partial charge >= 0.3 is 5.97 Å². The minimum atomic E-state index is -1.23. The van der Waals surface area contributed by atoms with Gasteiger partial charge in [-0.2, -0.15) is 0 Å². The van der Waals surface area contributed by atoms with Crippen molar-refractivity contribution in [3.8, 4) is 5.75 Å². The summed E-state index contributed by atoms with van der Waals surface area (Å²) in [5.74, 6) is -1.54. The van der Waals surface area contributed by atoms with Crippen LogP contribution in [0.4, 0.5) is 0 Å². The average molecular weight is 387 g/mol. The van der Waals surface area contributed by atoms with Gasteiger partial charge in [-0.1, -0.05) is 12.1 Å². The van der Waals surface area contributed by atoms with Gasteiger partial charge in [0, 0.05) is 23.4 Å². The molecule has 0 unspecified atom stereocenters. The fourth-order valence-electron chi connectivity index (χ4n) is 3.63. The Balaban J connectivity index is 1.94. The number of hydrogen-bond donors (Lipinski definition) is 4. The third-order valence-corrected chi connectivity index (χ3v) is 6.21. The number of benzene rings is 1. The molecule has 0 aromatic heterocycles. The lowest BCUT2D eigenvalue weighted by Crippen LogP contribution is -2.68. The number of aromatic hydroxyl groups is 1. The quantitative estimate of drug-likeness (QED) is 0.431. The van der Waals surface area contributed by atoms with Gasteiger partial charge in [0.05, 0.1) is 0 Å². The summed E-state index contributed by atoms with van der Waals surface area (Å²) in [5.41, 5.74) is 7.69. The van der Waals surface area contributed by atoms with Crippen LogP contribution in [0, 0.1) is 0 Å². The van der Waals surface area contributed by atoms with Crippen molar-refractivity contribution in [2.75, 3.05) is 12.3 Å². The van der Waals surface area contributed by atoms with Crippen molar-refractivity contribution in [2.45, 2.75) is 17.8 Å². The van der Waals surface area contributed by atoms with E-state index in [2.05, 4.69) is 5.32 Å². The molecule has 0 spiro atoms. The number of nitrogens with zero attached hydrogens (tertiary/aromatic N) is 1. The highest BCUT2D eigenvalue weighted by Crippen LogP contribution is 2.45. The van der Waals surface area contributed by atoms with Crippen LogP contribution in [-0.2, 0) is 14.4 Å². The van der Waals surface area contributed by atoms with Crippen LogP contribution in [0.2, 0.25) is 0 Å². The normalized spacial score (nSPS) is 26.5. The number of carboxylic acids is 1. The molecule has 0 aliphatic carbocycles. The van der Waals surface area contributed by atoms with Gasteiger partial charge in [0.1, 0.15) is 22.9 Å². The number of allylic oxidation sites excluding steroid dienone is 1. The molecule has 2 saturated heterocycles. The van der Waals surface area contributed by atoms with Gasteiger partial charge in [-0.05, 0) is 29.7 Å². The zero-order valence-corrected chi connectivity index (χ0v) is 15.0. The molecule has 9 heteroatoms.